The second-order valence-corrected chi connectivity index (χ2v) is 6.05. The van der Waals surface area contributed by atoms with Crippen LogP contribution in [0.15, 0.2) is 0 Å². The van der Waals surface area contributed by atoms with Crippen LogP contribution in [-0.4, -0.2) is 42.6 Å². The Morgan fingerprint density at radius 3 is 2.41 bits per heavy atom. The van der Waals surface area contributed by atoms with Crippen LogP contribution in [0, 0.1) is 0 Å². The zero-order valence-corrected chi connectivity index (χ0v) is 11.7. The van der Waals surface area contributed by atoms with Crippen molar-refractivity contribution in [3.63, 3.8) is 0 Å². The summed E-state index contributed by atoms with van der Waals surface area (Å²) in [5.74, 6) is 0. The smallest absolute Gasteiger partial charge is 0.315 e. The molecule has 0 spiro atoms. The molecule has 0 unspecified atom stereocenters. The molecular weight excluding hydrogens is 214 g/mol. The topological polar surface area (TPSA) is 44.4 Å². The first-order valence-electron chi connectivity index (χ1n) is 6.65. The summed E-state index contributed by atoms with van der Waals surface area (Å²) in [7, 11) is 2.15. The Kier molecular flexibility index (Phi) is 5.25. The molecule has 1 aliphatic carbocycles. The molecule has 4 heteroatoms. The Morgan fingerprint density at radius 1 is 1.29 bits per heavy atom. The van der Waals surface area contributed by atoms with Crippen molar-refractivity contribution in [1.29, 1.82) is 0 Å². The molecule has 0 aliphatic heterocycles. The zero-order valence-electron chi connectivity index (χ0n) is 11.7. The van der Waals surface area contributed by atoms with Gasteiger partial charge in [0.15, 0.2) is 0 Å². The number of carbonyl (C=O) groups excluding carboxylic acids is 1. The first kappa shape index (κ1) is 14.3. The zero-order chi connectivity index (χ0) is 12.9. The summed E-state index contributed by atoms with van der Waals surface area (Å²) >= 11 is 0. The summed E-state index contributed by atoms with van der Waals surface area (Å²) in [5, 5.41) is 5.80. The van der Waals surface area contributed by atoms with Crippen LogP contribution in [-0.2, 0) is 0 Å². The van der Waals surface area contributed by atoms with Crippen LogP contribution >= 0.6 is 0 Å². The molecule has 0 atom stereocenters. The standard InChI is InChI=1S/C13H27N3O/c1-13(2,3)15-12(17)14-9-10-16(4)11-7-5-6-8-11/h11H,5-10H2,1-4H3,(H2,14,15,17). The molecule has 4 nitrogen and oxygen atoms in total. The summed E-state index contributed by atoms with van der Waals surface area (Å²) < 4.78 is 0. The Hall–Kier alpha value is -0.770. The van der Waals surface area contributed by atoms with E-state index in [-0.39, 0.29) is 11.6 Å². The number of nitrogens with one attached hydrogen (secondary N) is 2. The second-order valence-electron chi connectivity index (χ2n) is 6.05. The average Bonchev–Trinajstić information content (AvgIpc) is 2.66. The Balaban J connectivity index is 2.12. The fourth-order valence-corrected chi connectivity index (χ4v) is 2.26. The lowest BCUT2D eigenvalue weighted by molar-refractivity contribution is 0.222. The highest BCUT2D eigenvalue weighted by atomic mass is 16.2. The maximum Gasteiger partial charge on any atom is 0.315 e. The van der Waals surface area contributed by atoms with Crippen molar-refractivity contribution in [2.45, 2.75) is 58.0 Å². The van der Waals surface area contributed by atoms with Gasteiger partial charge in [-0.25, -0.2) is 4.79 Å². The van der Waals surface area contributed by atoms with E-state index in [2.05, 4.69) is 22.6 Å². The van der Waals surface area contributed by atoms with Crippen LogP contribution in [0.2, 0.25) is 0 Å². The van der Waals surface area contributed by atoms with E-state index in [0.717, 1.165) is 19.1 Å². The van der Waals surface area contributed by atoms with Gasteiger partial charge in [0.2, 0.25) is 0 Å². The van der Waals surface area contributed by atoms with Gasteiger partial charge in [-0.2, -0.15) is 0 Å². The van der Waals surface area contributed by atoms with Crippen molar-refractivity contribution in [1.82, 2.24) is 15.5 Å². The molecule has 0 radical (unpaired) electrons. The van der Waals surface area contributed by atoms with Crippen LogP contribution in [0.25, 0.3) is 0 Å². The van der Waals surface area contributed by atoms with E-state index < -0.39 is 0 Å². The molecule has 0 bridgehead atoms. The first-order valence-corrected chi connectivity index (χ1v) is 6.65. The fraction of sp³-hybridized carbons (Fsp3) is 0.923. The Labute approximate surface area is 105 Å². The predicted molar refractivity (Wildman–Crippen MR) is 71.2 cm³/mol. The largest absolute Gasteiger partial charge is 0.337 e. The number of urea groups is 1. The van der Waals surface area contributed by atoms with Crippen molar-refractivity contribution in [3.8, 4) is 0 Å². The van der Waals surface area contributed by atoms with E-state index in [1.54, 1.807) is 0 Å². The summed E-state index contributed by atoms with van der Waals surface area (Å²) in [6, 6.07) is 0.653. The molecule has 0 aromatic heterocycles. The van der Waals surface area contributed by atoms with Gasteiger partial charge in [0, 0.05) is 24.7 Å². The van der Waals surface area contributed by atoms with E-state index in [1.165, 1.54) is 25.7 Å². The number of hydrogen-bond donors (Lipinski definition) is 2. The lowest BCUT2D eigenvalue weighted by Gasteiger charge is -2.25. The van der Waals surface area contributed by atoms with Gasteiger partial charge in [0.05, 0.1) is 0 Å². The predicted octanol–water partition coefficient (Wildman–Crippen LogP) is 1.96. The van der Waals surface area contributed by atoms with E-state index >= 15 is 0 Å². The van der Waals surface area contributed by atoms with E-state index in [9.17, 15) is 4.79 Å². The quantitative estimate of drug-likeness (QED) is 0.790. The summed E-state index contributed by atoms with van der Waals surface area (Å²) in [4.78, 5) is 13.9. The van der Waals surface area contributed by atoms with Gasteiger partial charge >= 0.3 is 6.03 Å². The molecule has 2 amide bonds. The van der Waals surface area contributed by atoms with Gasteiger partial charge in [0.1, 0.15) is 0 Å². The van der Waals surface area contributed by atoms with E-state index in [4.69, 9.17) is 0 Å². The van der Waals surface area contributed by atoms with Crippen LogP contribution < -0.4 is 10.6 Å². The minimum Gasteiger partial charge on any atom is -0.337 e. The van der Waals surface area contributed by atoms with Crippen LogP contribution in [0.4, 0.5) is 4.79 Å². The lowest BCUT2D eigenvalue weighted by Crippen LogP contribution is -2.48. The first-order chi connectivity index (χ1) is 7.88. The summed E-state index contributed by atoms with van der Waals surface area (Å²) in [5.41, 5.74) is -0.165. The van der Waals surface area contributed by atoms with Crippen LogP contribution in [0.5, 0.6) is 0 Å². The van der Waals surface area contributed by atoms with Crippen molar-refractivity contribution in [2.75, 3.05) is 20.1 Å². The number of likely N-dealkylation sites (N-methyl/N-ethyl adjacent to an activating group) is 1. The minimum absolute atomic E-state index is 0.0719. The number of hydrogen-bond acceptors (Lipinski definition) is 2. The van der Waals surface area contributed by atoms with Gasteiger partial charge in [-0.15, -0.1) is 0 Å². The van der Waals surface area contributed by atoms with Crippen molar-refractivity contribution in [2.24, 2.45) is 0 Å². The maximum atomic E-state index is 11.5. The summed E-state index contributed by atoms with van der Waals surface area (Å²) in [6.07, 6.45) is 5.33. The summed E-state index contributed by atoms with van der Waals surface area (Å²) in [6.45, 7) is 7.60. The normalized spacial score (nSPS) is 17.5. The third kappa shape index (κ3) is 5.91. The van der Waals surface area contributed by atoms with Gasteiger partial charge in [-0.3, -0.25) is 0 Å². The monoisotopic (exact) mass is 241 g/mol. The van der Waals surface area contributed by atoms with Crippen LogP contribution in [0.1, 0.15) is 46.5 Å². The van der Waals surface area contributed by atoms with Crippen molar-refractivity contribution >= 4 is 6.03 Å². The molecule has 2 N–H and O–H groups in total. The maximum absolute atomic E-state index is 11.5. The number of amides is 2. The molecule has 1 rings (SSSR count). The molecule has 0 saturated heterocycles. The van der Waals surface area contributed by atoms with Gasteiger partial charge in [-0.05, 0) is 40.7 Å². The Morgan fingerprint density at radius 2 is 1.88 bits per heavy atom. The third-order valence-electron chi connectivity index (χ3n) is 3.19. The molecular formula is C13H27N3O. The average molecular weight is 241 g/mol. The van der Waals surface area contributed by atoms with E-state index in [1.807, 2.05) is 20.8 Å². The molecule has 1 fully saturated rings. The molecule has 1 saturated carbocycles. The molecule has 0 aromatic carbocycles. The number of rotatable bonds is 4. The highest BCUT2D eigenvalue weighted by Crippen LogP contribution is 2.21. The molecule has 17 heavy (non-hydrogen) atoms. The minimum atomic E-state index is -0.165. The molecule has 0 aromatic rings. The number of carbonyl (C=O) groups is 1. The van der Waals surface area contributed by atoms with Gasteiger partial charge in [0.25, 0.3) is 0 Å². The molecule has 1 aliphatic rings. The highest BCUT2D eigenvalue weighted by molar-refractivity contribution is 5.74. The number of nitrogens with zero attached hydrogens (tertiary/aromatic N) is 1. The lowest BCUT2D eigenvalue weighted by atomic mass is 10.1. The second kappa shape index (κ2) is 6.24. The van der Waals surface area contributed by atoms with Gasteiger partial charge < -0.3 is 15.5 Å². The Bertz CT molecular complexity index is 242. The molecule has 0 heterocycles. The highest BCUT2D eigenvalue weighted by Gasteiger charge is 2.19. The van der Waals surface area contributed by atoms with E-state index in [0.29, 0.717) is 0 Å². The SMILES string of the molecule is CN(CCNC(=O)NC(C)(C)C)C1CCCC1. The van der Waals surface area contributed by atoms with Crippen molar-refractivity contribution < 1.29 is 4.79 Å². The van der Waals surface area contributed by atoms with Crippen LogP contribution in [0.3, 0.4) is 0 Å². The van der Waals surface area contributed by atoms with Gasteiger partial charge in [-0.1, -0.05) is 12.8 Å². The molecule has 100 valence electrons. The van der Waals surface area contributed by atoms with Crippen molar-refractivity contribution in [3.05, 3.63) is 0 Å². The third-order valence-corrected chi connectivity index (χ3v) is 3.19. The fourth-order valence-electron chi connectivity index (χ4n) is 2.26.